The average molecular weight is 291 g/mol. The van der Waals surface area contributed by atoms with Crippen molar-refractivity contribution < 1.29 is 23.5 Å². The van der Waals surface area contributed by atoms with E-state index in [-0.39, 0.29) is 6.42 Å². The molecule has 0 heterocycles. The Hall–Kier alpha value is -2.76. The van der Waals surface area contributed by atoms with Crippen LogP contribution in [-0.2, 0) is 11.2 Å². The maximum absolute atomic E-state index is 13.4. The summed E-state index contributed by atoms with van der Waals surface area (Å²) in [6.45, 7) is 0. The molecule has 0 unspecified atom stereocenters. The molecule has 2 N–H and O–H groups in total. The van der Waals surface area contributed by atoms with Crippen LogP contribution in [0.2, 0.25) is 0 Å². The van der Waals surface area contributed by atoms with Gasteiger partial charge in [-0.25, -0.2) is 8.78 Å². The van der Waals surface area contributed by atoms with Crippen molar-refractivity contribution >= 4 is 17.6 Å². The number of aliphatic carboxylic acids is 1. The Morgan fingerprint density at radius 2 is 1.57 bits per heavy atom. The summed E-state index contributed by atoms with van der Waals surface area (Å²) in [4.78, 5) is 22.4. The molecule has 0 atom stereocenters. The van der Waals surface area contributed by atoms with Gasteiger partial charge in [-0.1, -0.05) is 18.2 Å². The lowest BCUT2D eigenvalue weighted by Crippen LogP contribution is -2.15. The third-order valence-corrected chi connectivity index (χ3v) is 2.76. The number of carboxylic acids is 1. The standard InChI is InChI=1S/C15H11F2NO3/c16-11-2-1-3-12(17)14(11)15(21)18-10-6-4-9(5-7-10)8-13(19)20/h1-7H,8H2,(H,18,21)(H,19,20). The number of rotatable bonds is 4. The maximum atomic E-state index is 13.4. The molecule has 0 bridgehead atoms. The van der Waals surface area contributed by atoms with Crippen molar-refractivity contribution in [2.24, 2.45) is 0 Å². The predicted molar refractivity (Wildman–Crippen MR) is 72.1 cm³/mol. The smallest absolute Gasteiger partial charge is 0.307 e. The highest BCUT2D eigenvalue weighted by Gasteiger charge is 2.16. The summed E-state index contributed by atoms with van der Waals surface area (Å²) in [5.74, 6) is -3.78. The molecule has 0 aromatic heterocycles. The van der Waals surface area contributed by atoms with Crippen molar-refractivity contribution in [3.63, 3.8) is 0 Å². The van der Waals surface area contributed by atoms with Gasteiger partial charge < -0.3 is 10.4 Å². The fourth-order valence-electron chi connectivity index (χ4n) is 1.79. The number of carbonyl (C=O) groups is 2. The van der Waals surface area contributed by atoms with Gasteiger partial charge in [0.05, 0.1) is 6.42 Å². The maximum Gasteiger partial charge on any atom is 0.307 e. The first kappa shape index (κ1) is 14.6. The van der Waals surface area contributed by atoms with E-state index in [1.807, 2.05) is 0 Å². The molecule has 4 nitrogen and oxygen atoms in total. The zero-order valence-corrected chi connectivity index (χ0v) is 10.8. The minimum atomic E-state index is -0.972. The average Bonchev–Trinajstić information content (AvgIpc) is 2.40. The molecular formula is C15H11F2NO3. The van der Waals surface area contributed by atoms with Crippen LogP contribution in [0.4, 0.5) is 14.5 Å². The van der Waals surface area contributed by atoms with Crippen molar-refractivity contribution in [3.8, 4) is 0 Å². The Kier molecular flexibility index (Phi) is 4.27. The highest BCUT2D eigenvalue weighted by molar-refractivity contribution is 6.04. The Balaban J connectivity index is 2.14. The highest BCUT2D eigenvalue weighted by atomic mass is 19.1. The lowest BCUT2D eigenvalue weighted by molar-refractivity contribution is -0.136. The van der Waals surface area contributed by atoms with Crippen LogP contribution in [-0.4, -0.2) is 17.0 Å². The van der Waals surface area contributed by atoms with E-state index in [1.165, 1.54) is 30.3 Å². The third-order valence-electron chi connectivity index (χ3n) is 2.76. The number of anilines is 1. The van der Waals surface area contributed by atoms with Crippen LogP contribution in [0, 0.1) is 11.6 Å². The molecular weight excluding hydrogens is 280 g/mol. The molecule has 0 radical (unpaired) electrons. The molecule has 0 saturated carbocycles. The molecule has 6 heteroatoms. The van der Waals surface area contributed by atoms with E-state index in [4.69, 9.17) is 5.11 Å². The first-order chi connectivity index (χ1) is 9.97. The Morgan fingerprint density at radius 3 is 2.10 bits per heavy atom. The molecule has 0 fully saturated rings. The first-order valence-corrected chi connectivity index (χ1v) is 6.03. The normalized spacial score (nSPS) is 10.2. The van der Waals surface area contributed by atoms with Crippen LogP contribution in [0.15, 0.2) is 42.5 Å². The van der Waals surface area contributed by atoms with Gasteiger partial charge in [0.15, 0.2) is 0 Å². The number of nitrogens with one attached hydrogen (secondary N) is 1. The lowest BCUT2D eigenvalue weighted by Gasteiger charge is -2.07. The van der Waals surface area contributed by atoms with E-state index in [0.29, 0.717) is 11.3 Å². The highest BCUT2D eigenvalue weighted by Crippen LogP contribution is 2.16. The van der Waals surface area contributed by atoms with Crippen LogP contribution < -0.4 is 5.32 Å². The zero-order chi connectivity index (χ0) is 15.4. The second-order valence-corrected chi connectivity index (χ2v) is 4.32. The molecule has 0 aliphatic rings. The monoisotopic (exact) mass is 291 g/mol. The van der Waals surface area contributed by atoms with Crippen LogP contribution in [0.1, 0.15) is 15.9 Å². The number of amides is 1. The first-order valence-electron chi connectivity index (χ1n) is 6.03. The summed E-state index contributed by atoms with van der Waals surface area (Å²) in [6.07, 6.45) is -0.143. The molecule has 1 amide bonds. The van der Waals surface area contributed by atoms with Crippen molar-refractivity contribution in [2.45, 2.75) is 6.42 Å². The summed E-state index contributed by atoms with van der Waals surface area (Å²) in [6, 6.07) is 9.12. The quantitative estimate of drug-likeness (QED) is 0.910. The van der Waals surface area contributed by atoms with E-state index in [0.717, 1.165) is 12.1 Å². The van der Waals surface area contributed by atoms with Crippen LogP contribution in [0.5, 0.6) is 0 Å². The van der Waals surface area contributed by atoms with Crippen molar-refractivity contribution in [1.29, 1.82) is 0 Å². The van der Waals surface area contributed by atoms with Gasteiger partial charge in [-0.3, -0.25) is 9.59 Å². The number of hydrogen-bond acceptors (Lipinski definition) is 2. The van der Waals surface area contributed by atoms with Crippen molar-refractivity contribution in [3.05, 3.63) is 65.2 Å². The number of benzene rings is 2. The summed E-state index contributed by atoms with van der Waals surface area (Å²) in [5.41, 5.74) is 0.210. The number of hydrogen-bond donors (Lipinski definition) is 2. The Labute approximate surface area is 119 Å². The van der Waals surface area contributed by atoms with Gasteiger partial charge in [0.2, 0.25) is 0 Å². The van der Waals surface area contributed by atoms with Gasteiger partial charge in [0, 0.05) is 5.69 Å². The number of carbonyl (C=O) groups excluding carboxylic acids is 1. The molecule has 0 aliphatic heterocycles. The lowest BCUT2D eigenvalue weighted by atomic mass is 10.1. The molecule has 0 aliphatic carbocycles. The summed E-state index contributed by atoms with van der Waals surface area (Å²) < 4.78 is 26.9. The van der Waals surface area contributed by atoms with Gasteiger partial charge in [-0.15, -0.1) is 0 Å². The SMILES string of the molecule is O=C(O)Cc1ccc(NC(=O)c2c(F)cccc2F)cc1. The summed E-state index contributed by atoms with van der Waals surface area (Å²) in [5, 5.41) is 11.0. The second-order valence-electron chi connectivity index (χ2n) is 4.32. The fourth-order valence-corrected chi connectivity index (χ4v) is 1.79. The molecule has 2 rings (SSSR count). The predicted octanol–water partition coefficient (Wildman–Crippen LogP) is 2.84. The van der Waals surface area contributed by atoms with Gasteiger partial charge in [0.1, 0.15) is 17.2 Å². The van der Waals surface area contributed by atoms with E-state index < -0.39 is 29.1 Å². The molecule has 108 valence electrons. The topological polar surface area (TPSA) is 66.4 Å². The molecule has 2 aromatic carbocycles. The Bertz CT molecular complexity index is 664. The van der Waals surface area contributed by atoms with Crippen molar-refractivity contribution in [2.75, 3.05) is 5.32 Å². The second kappa shape index (κ2) is 6.13. The van der Waals surface area contributed by atoms with Crippen LogP contribution >= 0.6 is 0 Å². The molecule has 0 saturated heterocycles. The van der Waals surface area contributed by atoms with Crippen LogP contribution in [0.3, 0.4) is 0 Å². The summed E-state index contributed by atoms with van der Waals surface area (Å²) >= 11 is 0. The minimum Gasteiger partial charge on any atom is -0.481 e. The number of halogens is 2. The van der Waals surface area contributed by atoms with E-state index in [2.05, 4.69) is 5.32 Å². The Morgan fingerprint density at radius 1 is 1.00 bits per heavy atom. The number of carboxylic acid groups (broad SMARTS) is 1. The van der Waals surface area contributed by atoms with Crippen molar-refractivity contribution in [1.82, 2.24) is 0 Å². The fraction of sp³-hybridized carbons (Fsp3) is 0.0667. The molecule has 2 aromatic rings. The molecule has 0 spiro atoms. The van der Waals surface area contributed by atoms with Gasteiger partial charge >= 0.3 is 5.97 Å². The minimum absolute atomic E-state index is 0.143. The van der Waals surface area contributed by atoms with Gasteiger partial charge in [-0.2, -0.15) is 0 Å². The zero-order valence-electron chi connectivity index (χ0n) is 10.8. The van der Waals surface area contributed by atoms with E-state index in [9.17, 15) is 18.4 Å². The largest absolute Gasteiger partial charge is 0.481 e. The van der Waals surface area contributed by atoms with Gasteiger partial charge in [0.25, 0.3) is 5.91 Å². The van der Waals surface area contributed by atoms with E-state index >= 15 is 0 Å². The van der Waals surface area contributed by atoms with Gasteiger partial charge in [-0.05, 0) is 29.8 Å². The van der Waals surface area contributed by atoms with Crippen LogP contribution in [0.25, 0.3) is 0 Å². The molecule has 21 heavy (non-hydrogen) atoms. The summed E-state index contributed by atoms with van der Waals surface area (Å²) in [7, 11) is 0. The van der Waals surface area contributed by atoms with E-state index in [1.54, 1.807) is 0 Å². The third kappa shape index (κ3) is 3.62.